The topological polar surface area (TPSA) is 131 Å². The lowest BCUT2D eigenvalue weighted by molar-refractivity contribution is -0.155. The minimum atomic E-state index is -1.29. The third kappa shape index (κ3) is 7.05. The third-order valence-electron chi connectivity index (χ3n) is 5.43. The van der Waals surface area contributed by atoms with E-state index in [1.165, 1.54) is 0 Å². The van der Waals surface area contributed by atoms with E-state index in [-0.39, 0.29) is 25.4 Å². The van der Waals surface area contributed by atoms with Crippen molar-refractivity contribution < 1.29 is 33.8 Å². The molecule has 0 aliphatic heterocycles. The van der Waals surface area contributed by atoms with Crippen molar-refractivity contribution in [1.29, 1.82) is 0 Å². The number of alkyl carbamates (subject to hydrolysis) is 1. The van der Waals surface area contributed by atoms with E-state index < -0.39 is 42.1 Å². The molecule has 0 saturated carbocycles. The monoisotopic (exact) mass is 482 g/mol. The van der Waals surface area contributed by atoms with Crippen LogP contribution in [0.25, 0.3) is 11.1 Å². The molecule has 0 saturated heterocycles. The van der Waals surface area contributed by atoms with Crippen LogP contribution in [0.4, 0.5) is 4.79 Å². The summed E-state index contributed by atoms with van der Waals surface area (Å²) in [4.78, 5) is 47.6. The summed E-state index contributed by atoms with van der Waals surface area (Å²) < 4.78 is 10.5. The van der Waals surface area contributed by atoms with Crippen molar-refractivity contribution in [3.05, 3.63) is 59.7 Å². The van der Waals surface area contributed by atoms with Crippen LogP contribution in [0.15, 0.2) is 48.5 Å². The number of carbonyl (C=O) groups excluding carboxylic acids is 3. The second kappa shape index (κ2) is 11.0. The van der Waals surface area contributed by atoms with Crippen molar-refractivity contribution in [3.63, 3.8) is 0 Å². The Balaban J connectivity index is 1.47. The van der Waals surface area contributed by atoms with Crippen LogP contribution in [0.3, 0.4) is 0 Å². The first-order valence-corrected chi connectivity index (χ1v) is 11.4. The van der Waals surface area contributed by atoms with Crippen molar-refractivity contribution >= 4 is 23.9 Å². The first-order chi connectivity index (χ1) is 16.5. The van der Waals surface area contributed by atoms with Crippen molar-refractivity contribution in [3.8, 4) is 11.1 Å². The lowest BCUT2D eigenvalue weighted by Crippen LogP contribution is -2.46. The van der Waals surface area contributed by atoms with Crippen LogP contribution in [-0.2, 0) is 23.9 Å². The zero-order chi connectivity index (χ0) is 25.6. The Morgan fingerprint density at radius 3 is 2.09 bits per heavy atom. The van der Waals surface area contributed by atoms with Gasteiger partial charge in [0.15, 0.2) is 0 Å². The standard InChI is InChI=1S/C26H30N2O7/c1-26(2,3)35-23(30)13-12-21(24(31)32)28-22(29)14-27-25(33)34-15-20-18-10-6-4-8-16(18)17-9-5-7-11-19(17)20/h4-11,20-21H,12-15H2,1-3H3,(H,27,33)(H,28,29)(H,31,32)/t21-/m0/s1. The lowest BCUT2D eigenvalue weighted by Gasteiger charge is -2.20. The first kappa shape index (κ1) is 25.7. The van der Waals surface area contributed by atoms with Gasteiger partial charge >= 0.3 is 18.0 Å². The van der Waals surface area contributed by atoms with Crippen molar-refractivity contribution in [2.75, 3.05) is 13.2 Å². The molecule has 2 amide bonds. The molecule has 0 fully saturated rings. The molecule has 0 bridgehead atoms. The summed E-state index contributed by atoms with van der Waals surface area (Å²) in [7, 11) is 0. The molecule has 1 aliphatic rings. The van der Waals surface area contributed by atoms with Crippen molar-refractivity contribution in [2.24, 2.45) is 0 Å². The second-order valence-electron chi connectivity index (χ2n) is 9.26. The molecular weight excluding hydrogens is 452 g/mol. The molecule has 3 N–H and O–H groups in total. The normalized spacial score (nSPS) is 13.2. The van der Waals surface area contributed by atoms with Crippen molar-refractivity contribution in [1.82, 2.24) is 10.6 Å². The number of hydrogen-bond donors (Lipinski definition) is 3. The number of carbonyl (C=O) groups is 4. The van der Waals surface area contributed by atoms with Crippen molar-refractivity contribution in [2.45, 2.75) is 51.2 Å². The van der Waals surface area contributed by atoms with Gasteiger partial charge in [-0.1, -0.05) is 48.5 Å². The maximum atomic E-state index is 12.2. The van der Waals surface area contributed by atoms with E-state index in [1.807, 2.05) is 48.5 Å². The van der Waals surface area contributed by atoms with E-state index >= 15 is 0 Å². The number of amides is 2. The zero-order valence-corrected chi connectivity index (χ0v) is 20.0. The van der Waals surface area contributed by atoms with Crippen LogP contribution < -0.4 is 10.6 Å². The Kier molecular flexibility index (Phi) is 8.11. The smallest absolute Gasteiger partial charge is 0.407 e. The Hall–Kier alpha value is -3.88. The van der Waals surface area contributed by atoms with Gasteiger partial charge in [0.05, 0.1) is 0 Å². The number of aliphatic carboxylic acids is 1. The Labute approximate surface area is 203 Å². The molecule has 186 valence electrons. The van der Waals surface area contributed by atoms with Gasteiger partial charge in [0, 0.05) is 12.3 Å². The van der Waals surface area contributed by atoms with Crippen LogP contribution in [0.2, 0.25) is 0 Å². The molecule has 1 atom stereocenters. The number of rotatable bonds is 9. The second-order valence-corrected chi connectivity index (χ2v) is 9.26. The molecule has 9 heteroatoms. The highest BCUT2D eigenvalue weighted by Gasteiger charge is 2.29. The summed E-state index contributed by atoms with van der Waals surface area (Å²) in [6.07, 6.45) is -1.10. The summed E-state index contributed by atoms with van der Waals surface area (Å²) in [6, 6.07) is 14.5. The highest BCUT2D eigenvalue weighted by molar-refractivity contribution is 5.87. The van der Waals surface area contributed by atoms with Crippen LogP contribution >= 0.6 is 0 Å². The van der Waals surface area contributed by atoms with E-state index in [1.54, 1.807) is 20.8 Å². The molecule has 2 aromatic rings. The molecule has 0 unspecified atom stereocenters. The van der Waals surface area contributed by atoms with E-state index in [0.717, 1.165) is 22.3 Å². The Bertz CT molecular complexity index is 1060. The number of fused-ring (bicyclic) bond motifs is 3. The first-order valence-electron chi connectivity index (χ1n) is 11.4. The Morgan fingerprint density at radius 2 is 1.54 bits per heavy atom. The predicted octanol–water partition coefficient (Wildman–Crippen LogP) is 3.22. The fourth-order valence-corrected chi connectivity index (χ4v) is 3.96. The summed E-state index contributed by atoms with van der Waals surface area (Å²) in [5.74, 6) is -2.68. The zero-order valence-electron chi connectivity index (χ0n) is 20.0. The van der Waals surface area contributed by atoms with Crippen LogP contribution in [0.1, 0.15) is 50.7 Å². The largest absolute Gasteiger partial charge is 0.480 e. The van der Waals surface area contributed by atoms with Gasteiger partial charge in [0.2, 0.25) is 5.91 Å². The minimum Gasteiger partial charge on any atom is -0.480 e. The van der Waals surface area contributed by atoms with Gasteiger partial charge in [0.1, 0.15) is 24.8 Å². The average Bonchev–Trinajstić information content (AvgIpc) is 3.11. The number of esters is 1. The fourth-order valence-electron chi connectivity index (χ4n) is 3.96. The van der Waals surface area contributed by atoms with Crippen LogP contribution in [-0.4, -0.2) is 53.8 Å². The maximum Gasteiger partial charge on any atom is 0.407 e. The lowest BCUT2D eigenvalue weighted by atomic mass is 9.98. The number of carboxylic acid groups (broad SMARTS) is 1. The quantitative estimate of drug-likeness (QED) is 0.468. The van der Waals surface area contributed by atoms with Gasteiger partial charge in [-0.3, -0.25) is 9.59 Å². The van der Waals surface area contributed by atoms with Gasteiger partial charge in [-0.15, -0.1) is 0 Å². The summed E-state index contributed by atoms with van der Waals surface area (Å²) in [6.45, 7) is 4.74. The molecule has 0 spiro atoms. The van der Waals surface area contributed by atoms with Gasteiger partial charge < -0.3 is 25.2 Å². The van der Waals surface area contributed by atoms with E-state index in [4.69, 9.17) is 9.47 Å². The van der Waals surface area contributed by atoms with Crippen LogP contribution in [0, 0.1) is 0 Å². The summed E-state index contributed by atoms with van der Waals surface area (Å²) >= 11 is 0. The van der Waals surface area contributed by atoms with Gasteiger partial charge in [-0.2, -0.15) is 0 Å². The minimum absolute atomic E-state index is 0.0924. The SMILES string of the molecule is CC(C)(C)OC(=O)CC[C@H](NC(=O)CNC(=O)OCC1c2ccccc2-c2ccccc21)C(=O)O. The molecule has 0 radical (unpaired) electrons. The molecule has 1 aliphatic carbocycles. The highest BCUT2D eigenvalue weighted by atomic mass is 16.6. The number of ether oxygens (including phenoxy) is 2. The van der Waals surface area contributed by atoms with Crippen LogP contribution in [0.5, 0.6) is 0 Å². The van der Waals surface area contributed by atoms with E-state index in [2.05, 4.69) is 10.6 Å². The van der Waals surface area contributed by atoms with E-state index in [0.29, 0.717) is 0 Å². The number of carboxylic acids is 1. The Morgan fingerprint density at radius 1 is 0.971 bits per heavy atom. The van der Waals surface area contributed by atoms with Gasteiger partial charge in [0.25, 0.3) is 0 Å². The van der Waals surface area contributed by atoms with Gasteiger partial charge in [-0.05, 0) is 49.4 Å². The fraction of sp³-hybridized carbons (Fsp3) is 0.385. The molecule has 9 nitrogen and oxygen atoms in total. The van der Waals surface area contributed by atoms with Gasteiger partial charge in [-0.25, -0.2) is 9.59 Å². The number of hydrogen-bond acceptors (Lipinski definition) is 6. The predicted molar refractivity (Wildman–Crippen MR) is 128 cm³/mol. The summed E-state index contributed by atoms with van der Waals surface area (Å²) in [5.41, 5.74) is 3.64. The molecule has 35 heavy (non-hydrogen) atoms. The summed E-state index contributed by atoms with van der Waals surface area (Å²) in [5, 5.41) is 14.0. The highest BCUT2D eigenvalue weighted by Crippen LogP contribution is 2.44. The molecule has 3 rings (SSSR count). The average molecular weight is 483 g/mol. The number of benzene rings is 2. The van der Waals surface area contributed by atoms with E-state index in [9.17, 15) is 24.3 Å². The molecule has 0 aromatic heterocycles. The molecule has 2 aromatic carbocycles. The number of nitrogens with one attached hydrogen (secondary N) is 2. The molecule has 0 heterocycles. The molecular formula is C26H30N2O7. The third-order valence-corrected chi connectivity index (χ3v) is 5.43. The maximum absolute atomic E-state index is 12.2.